The van der Waals surface area contributed by atoms with Crippen molar-refractivity contribution in [3.8, 4) is 5.75 Å². The summed E-state index contributed by atoms with van der Waals surface area (Å²) in [5.74, 6) is -1.88. The van der Waals surface area contributed by atoms with E-state index in [1.165, 1.54) is 12.1 Å². The minimum atomic E-state index is -4.34. The van der Waals surface area contributed by atoms with Gasteiger partial charge in [-0.15, -0.1) is 0 Å². The first kappa shape index (κ1) is 12.2. The van der Waals surface area contributed by atoms with Gasteiger partial charge in [-0.05, 0) is 18.2 Å². The lowest BCUT2D eigenvalue weighted by Gasteiger charge is -2.02. The Kier molecular flexibility index (Phi) is 3.83. The molecule has 1 rings (SSSR count). The number of benzene rings is 1. The van der Waals surface area contributed by atoms with Crippen LogP contribution in [0, 0.1) is 0 Å². The van der Waals surface area contributed by atoms with Crippen LogP contribution >= 0.6 is 15.9 Å². The first-order valence-electron chi connectivity index (χ1n) is 3.78. The molecule has 1 aromatic rings. The van der Waals surface area contributed by atoms with Crippen LogP contribution in [-0.4, -0.2) is 24.7 Å². The minimum Gasteiger partial charge on any atom is -0.426 e. The number of halogens is 1. The molecule has 0 radical (unpaired) electrons. The Labute approximate surface area is 94.9 Å². The van der Waals surface area contributed by atoms with Gasteiger partial charge in [0.2, 0.25) is 0 Å². The van der Waals surface area contributed by atoms with E-state index in [9.17, 15) is 13.2 Å². The van der Waals surface area contributed by atoms with E-state index in [2.05, 4.69) is 20.7 Å². The molecule has 15 heavy (non-hydrogen) atoms. The molecule has 5 nitrogen and oxygen atoms in total. The number of rotatable bonds is 3. The van der Waals surface area contributed by atoms with Crippen molar-refractivity contribution in [2.75, 3.05) is 5.75 Å². The van der Waals surface area contributed by atoms with Gasteiger partial charge in [-0.1, -0.05) is 22.0 Å². The zero-order chi connectivity index (χ0) is 11.5. The summed E-state index contributed by atoms with van der Waals surface area (Å²) in [4.78, 5) is 11.0. The summed E-state index contributed by atoms with van der Waals surface area (Å²) in [5.41, 5.74) is 0. The van der Waals surface area contributed by atoms with Crippen molar-refractivity contribution in [3.63, 3.8) is 0 Å². The van der Waals surface area contributed by atoms with E-state index in [4.69, 9.17) is 4.55 Å². The normalized spacial score (nSPS) is 11.1. The number of ether oxygens (including phenoxy) is 1. The van der Waals surface area contributed by atoms with Crippen molar-refractivity contribution in [1.29, 1.82) is 0 Å². The Morgan fingerprint density at radius 2 is 2.13 bits per heavy atom. The molecule has 0 aliphatic carbocycles. The average Bonchev–Trinajstić information content (AvgIpc) is 1.99. The molecule has 0 aromatic heterocycles. The van der Waals surface area contributed by atoms with Crippen LogP contribution in [0.3, 0.4) is 0 Å². The van der Waals surface area contributed by atoms with Gasteiger partial charge < -0.3 is 4.74 Å². The molecular weight excluding hydrogens is 288 g/mol. The first-order valence-corrected chi connectivity index (χ1v) is 6.18. The second kappa shape index (κ2) is 4.73. The zero-order valence-corrected chi connectivity index (χ0v) is 9.79. The standard InChI is InChI=1S/C8H7BrO5S/c9-6-2-1-3-7(4-6)14-8(10)5-15(11,12)13/h1-4H,5H2,(H,11,12,13). The van der Waals surface area contributed by atoms with Crippen LogP contribution in [-0.2, 0) is 14.9 Å². The highest BCUT2D eigenvalue weighted by Gasteiger charge is 2.14. The molecule has 82 valence electrons. The number of hydrogen-bond acceptors (Lipinski definition) is 4. The molecule has 0 amide bonds. The second-order valence-electron chi connectivity index (χ2n) is 2.66. The fraction of sp³-hybridized carbons (Fsp3) is 0.125. The van der Waals surface area contributed by atoms with Gasteiger partial charge in [0.1, 0.15) is 5.75 Å². The lowest BCUT2D eigenvalue weighted by atomic mass is 10.3. The molecule has 0 saturated carbocycles. The maximum absolute atomic E-state index is 11.0. The Bertz CT molecular complexity index is 468. The van der Waals surface area contributed by atoms with Crippen molar-refractivity contribution in [2.24, 2.45) is 0 Å². The largest absolute Gasteiger partial charge is 0.426 e. The average molecular weight is 295 g/mol. The Balaban J connectivity index is 2.67. The molecule has 1 aromatic carbocycles. The smallest absolute Gasteiger partial charge is 0.329 e. The summed E-state index contributed by atoms with van der Waals surface area (Å²) < 4.78 is 34.4. The molecule has 0 heterocycles. The van der Waals surface area contributed by atoms with Crippen LogP contribution in [0.2, 0.25) is 0 Å². The molecule has 0 aliphatic rings. The highest BCUT2D eigenvalue weighted by molar-refractivity contribution is 9.10. The molecule has 0 fully saturated rings. The summed E-state index contributed by atoms with van der Waals surface area (Å²) in [6.45, 7) is 0. The molecule has 0 atom stereocenters. The van der Waals surface area contributed by atoms with Crippen molar-refractivity contribution in [3.05, 3.63) is 28.7 Å². The lowest BCUT2D eigenvalue weighted by Crippen LogP contribution is -2.20. The maximum atomic E-state index is 11.0. The van der Waals surface area contributed by atoms with Gasteiger partial charge in [0, 0.05) is 4.47 Å². The topological polar surface area (TPSA) is 80.7 Å². The highest BCUT2D eigenvalue weighted by atomic mass is 79.9. The molecular formula is C8H7BrO5S. The van der Waals surface area contributed by atoms with E-state index >= 15 is 0 Å². The summed E-state index contributed by atoms with van der Waals surface area (Å²) in [7, 11) is -4.34. The predicted octanol–water partition coefficient (Wildman–Crippen LogP) is 1.24. The Morgan fingerprint density at radius 1 is 1.47 bits per heavy atom. The molecule has 0 aliphatic heterocycles. The molecule has 0 spiro atoms. The summed E-state index contributed by atoms with van der Waals surface area (Å²) in [6, 6.07) is 6.34. The molecule has 1 N–H and O–H groups in total. The van der Waals surface area contributed by atoms with Crippen LogP contribution < -0.4 is 4.74 Å². The van der Waals surface area contributed by atoms with Crippen LogP contribution in [0.5, 0.6) is 5.75 Å². The number of hydrogen-bond donors (Lipinski definition) is 1. The quantitative estimate of drug-likeness (QED) is 0.515. The van der Waals surface area contributed by atoms with Crippen LogP contribution in [0.4, 0.5) is 0 Å². The fourth-order valence-electron chi connectivity index (χ4n) is 0.840. The van der Waals surface area contributed by atoms with E-state index in [1.807, 2.05) is 0 Å². The summed E-state index contributed by atoms with van der Waals surface area (Å²) in [6.07, 6.45) is 0. The highest BCUT2D eigenvalue weighted by Crippen LogP contribution is 2.17. The van der Waals surface area contributed by atoms with Crippen molar-refractivity contribution in [1.82, 2.24) is 0 Å². The SMILES string of the molecule is O=C(CS(=O)(=O)O)Oc1cccc(Br)c1. The minimum absolute atomic E-state index is 0.207. The monoisotopic (exact) mass is 294 g/mol. The van der Waals surface area contributed by atoms with Gasteiger partial charge in [0.25, 0.3) is 10.1 Å². The van der Waals surface area contributed by atoms with E-state index in [-0.39, 0.29) is 5.75 Å². The molecule has 0 bridgehead atoms. The van der Waals surface area contributed by atoms with E-state index in [1.54, 1.807) is 12.1 Å². The molecule has 0 saturated heterocycles. The number of carbonyl (C=O) groups excluding carboxylic acids is 1. The van der Waals surface area contributed by atoms with Crippen molar-refractivity contribution < 1.29 is 22.5 Å². The third kappa shape index (κ3) is 4.91. The van der Waals surface area contributed by atoms with E-state index in [0.717, 1.165) is 0 Å². The molecule has 0 unspecified atom stereocenters. The van der Waals surface area contributed by atoms with Gasteiger partial charge in [0.15, 0.2) is 5.75 Å². The predicted molar refractivity (Wildman–Crippen MR) is 56.2 cm³/mol. The van der Waals surface area contributed by atoms with E-state index in [0.29, 0.717) is 4.47 Å². The van der Waals surface area contributed by atoms with Gasteiger partial charge in [-0.2, -0.15) is 8.42 Å². The van der Waals surface area contributed by atoms with Crippen LogP contribution in [0.15, 0.2) is 28.7 Å². The van der Waals surface area contributed by atoms with Gasteiger partial charge in [-0.25, -0.2) is 0 Å². The maximum Gasteiger partial charge on any atom is 0.329 e. The number of carbonyl (C=O) groups is 1. The van der Waals surface area contributed by atoms with Crippen LogP contribution in [0.1, 0.15) is 0 Å². The van der Waals surface area contributed by atoms with Gasteiger partial charge >= 0.3 is 5.97 Å². The zero-order valence-electron chi connectivity index (χ0n) is 7.38. The summed E-state index contributed by atoms with van der Waals surface area (Å²) in [5, 5.41) is 0. The van der Waals surface area contributed by atoms with Crippen LogP contribution in [0.25, 0.3) is 0 Å². The van der Waals surface area contributed by atoms with Crippen molar-refractivity contribution in [2.45, 2.75) is 0 Å². The third-order valence-electron chi connectivity index (χ3n) is 1.33. The third-order valence-corrected chi connectivity index (χ3v) is 2.42. The Hall–Kier alpha value is -0.920. The van der Waals surface area contributed by atoms with Gasteiger partial charge in [-0.3, -0.25) is 9.35 Å². The second-order valence-corrected chi connectivity index (χ2v) is 5.03. The number of esters is 1. The van der Waals surface area contributed by atoms with E-state index < -0.39 is 21.8 Å². The molecule has 7 heteroatoms. The van der Waals surface area contributed by atoms with Crippen molar-refractivity contribution >= 4 is 32.0 Å². The fourth-order valence-corrected chi connectivity index (χ4v) is 1.58. The lowest BCUT2D eigenvalue weighted by molar-refractivity contribution is -0.131. The summed E-state index contributed by atoms with van der Waals surface area (Å²) >= 11 is 3.15. The first-order chi connectivity index (χ1) is 6.87. The Morgan fingerprint density at radius 3 is 2.67 bits per heavy atom. The van der Waals surface area contributed by atoms with Gasteiger partial charge in [0.05, 0.1) is 0 Å².